The van der Waals surface area contributed by atoms with E-state index in [1.54, 1.807) is 20.4 Å². The lowest BCUT2D eigenvalue weighted by Crippen LogP contribution is -2.32. The van der Waals surface area contributed by atoms with Crippen LogP contribution in [0.25, 0.3) is 0 Å². The van der Waals surface area contributed by atoms with E-state index in [-0.39, 0.29) is 25.7 Å². The largest absolute Gasteiger partial charge is 0.469 e. The van der Waals surface area contributed by atoms with Crippen LogP contribution in [0.1, 0.15) is 6.42 Å². The van der Waals surface area contributed by atoms with Crippen LogP contribution in [0, 0.1) is 0 Å². The highest BCUT2D eigenvalue weighted by atomic mass is 32.2. The lowest BCUT2D eigenvalue weighted by molar-refractivity contribution is -0.140. The Hall–Kier alpha value is -0.930. The van der Waals surface area contributed by atoms with E-state index in [4.69, 9.17) is 18.9 Å². The standard InChI is InChI=1S/C13H21NO6S/c1-16-8-19-11-6-10(21-5-4-12(15)18-3)7-14-13(11)20-9-17-2/h6-7,11,13H,4-5,8-9H2,1-3H3. The summed E-state index contributed by atoms with van der Waals surface area (Å²) in [6, 6.07) is 0. The summed E-state index contributed by atoms with van der Waals surface area (Å²) in [7, 11) is 4.47. The van der Waals surface area contributed by atoms with Crippen LogP contribution >= 0.6 is 11.8 Å². The molecule has 0 amide bonds. The Balaban J connectivity index is 2.50. The molecule has 120 valence electrons. The van der Waals surface area contributed by atoms with Crippen molar-refractivity contribution in [1.82, 2.24) is 0 Å². The number of methoxy groups -OCH3 is 3. The quantitative estimate of drug-likeness (QED) is 0.442. The number of hydrogen-bond donors (Lipinski definition) is 0. The summed E-state index contributed by atoms with van der Waals surface area (Å²) >= 11 is 1.51. The van der Waals surface area contributed by atoms with Crippen molar-refractivity contribution in [3.63, 3.8) is 0 Å². The van der Waals surface area contributed by atoms with Crippen LogP contribution in [-0.2, 0) is 28.5 Å². The molecular formula is C13H21NO6S. The number of ether oxygens (including phenoxy) is 5. The Morgan fingerprint density at radius 2 is 1.95 bits per heavy atom. The Bertz CT molecular complexity index is 374. The average molecular weight is 319 g/mol. The highest BCUT2D eigenvalue weighted by Crippen LogP contribution is 2.23. The van der Waals surface area contributed by atoms with Crippen LogP contribution < -0.4 is 0 Å². The molecule has 2 unspecified atom stereocenters. The van der Waals surface area contributed by atoms with Gasteiger partial charge in [0.25, 0.3) is 0 Å². The molecule has 21 heavy (non-hydrogen) atoms. The van der Waals surface area contributed by atoms with E-state index in [2.05, 4.69) is 9.73 Å². The van der Waals surface area contributed by atoms with Crippen molar-refractivity contribution in [3.8, 4) is 0 Å². The van der Waals surface area contributed by atoms with Gasteiger partial charge in [0.2, 0.25) is 0 Å². The topological polar surface area (TPSA) is 75.6 Å². The third-order valence-corrected chi connectivity index (χ3v) is 3.48. The second-order valence-electron chi connectivity index (χ2n) is 4.02. The molecular weight excluding hydrogens is 298 g/mol. The van der Waals surface area contributed by atoms with Gasteiger partial charge in [0.1, 0.15) is 19.7 Å². The molecule has 0 spiro atoms. The normalized spacial score (nSPS) is 21.2. The molecule has 8 heteroatoms. The minimum atomic E-state index is -0.468. The molecule has 0 N–H and O–H groups in total. The summed E-state index contributed by atoms with van der Waals surface area (Å²) in [5, 5.41) is 0. The first-order chi connectivity index (χ1) is 10.2. The van der Waals surface area contributed by atoms with Crippen molar-refractivity contribution >= 4 is 23.9 Å². The smallest absolute Gasteiger partial charge is 0.306 e. The number of rotatable bonds is 10. The molecule has 0 radical (unpaired) electrons. The van der Waals surface area contributed by atoms with Gasteiger partial charge in [0, 0.05) is 31.1 Å². The second kappa shape index (κ2) is 10.7. The summed E-state index contributed by atoms with van der Waals surface area (Å²) in [6.07, 6.45) is 3.12. The number of carbonyl (C=O) groups is 1. The van der Waals surface area contributed by atoms with Gasteiger partial charge in [-0.25, -0.2) is 0 Å². The first-order valence-electron chi connectivity index (χ1n) is 6.37. The fraction of sp³-hybridized carbons (Fsp3) is 0.692. The summed E-state index contributed by atoms with van der Waals surface area (Å²) in [5.74, 6) is 0.384. The number of dihydropyridines is 1. The van der Waals surface area contributed by atoms with Crippen LogP contribution in [0.3, 0.4) is 0 Å². The monoisotopic (exact) mass is 319 g/mol. The van der Waals surface area contributed by atoms with E-state index < -0.39 is 6.23 Å². The van der Waals surface area contributed by atoms with Gasteiger partial charge in [-0.15, -0.1) is 11.8 Å². The molecule has 7 nitrogen and oxygen atoms in total. The van der Waals surface area contributed by atoms with Crippen molar-refractivity contribution in [3.05, 3.63) is 11.0 Å². The summed E-state index contributed by atoms with van der Waals surface area (Å²) in [4.78, 5) is 16.3. The predicted octanol–water partition coefficient (Wildman–Crippen LogP) is 1.19. The van der Waals surface area contributed by atoms with E-state index in [0.717, 1.165) is 4.91 Å². The minimum Gasteiger partial charge on any atom is -0.469 e. The third-order valence-electron chi connectivity index (χ3n) is 2.50. The highest BCUT2D eigenvalue weighted by Gasteiger charge is 2.24. The lowest BCUT2D eigenvalue weighted by atomic mass is 10.2. The average Bonchev–Trinajstić information content (AvgIpc) is 2.51. The van der Waals surface area contributed by atoms with Crippen molar-refractivity contribution in [2.75, 3.05) is 40.7 Å². The number of hydrogen-bond acceptors (Lipinski definition) is 8. The van der Waals surface area contributed by atoms with Gasteiger partial charge < -0.3 is 23.7 Å². The number of thioether (sulfide) groups is 1. The maximum absolute atomic E-state index is 11.1. The number of esters is 1. The van der Waals surface area contributed by atoms with Gasteiger partial charge in [-0.1, -0.05) is 0 Å². The van der Waals surface area contributed by atoms with E-state index in [1.165, 1.54) is 18.9 Å². The summed E-state index contributed by atoms with van der Waals surface area (Å²) in [6.45, 7) is 0.275. The third kappa shape index (κ3) is 7.05. The van der Waals surface area contributed by atoms with Crippen LogP contribution in [0.5, 0.6) is 0 Å². The molecule has 1 aliphatic heterocycles. The van der Waals surface area contributed by atoms with E-state index in [0.29, 0.717) is 12.2 Å². The Labute approximate surface area is 128 Å². The van der Waals surface area contributed by atoms with Gasteiger partial charge in [-0.2, -0.15) is 0 Å². The number of allylic oxidation sites excluding steroid dienone is 1. The molecule has 0 saturated heterocycles. The number of carbonyl (C=O) groups excluding carboxylic acids is 1. The number of aliphatic imine (C=N–C) groups is 1. The van der Waals surface area contributed by atoms with Gasteiger partial charge in [-0.3, -0.25) is 9.79 Å². The van der Waals surface area contributed by atoms with Crippen LogP contribution in [0.4, 0.5) is 0 Å². The minimum absolute atomic E-state index is 0.132. The summed E-state index contributed by atoms with van der Waals surface area (Å²) < 4.78 is 25.3. The maximum atomic E-state index is 11.1. The lowest BCUT2D eigenvalue weighted by Gasteiger charge is -2.25. The summed E-state index contributed by atoms with van der Waals surface area (Å²) in [5.41, 5.74) is 0. The SMILES string of the molecule is COCOC1C=C(SCCC(=O)OC)C=NC1OCOC. The molecule has 1 heterocycles. The number of nitrogens with zero attached hydrogens (tertiary/aromatic N) is 1. The first-order valence-corrected chi connectivity index (χ1v) is 7.35. The molecule has 0 aromatic rings. The highest BCUT2D eigenvalue weighted by molar-refractivity contribution is 8.03. The zero-order valence-corrected chi connectivity index (χ0v) is 13.3. The van der Waals surface area contributed by atoms with Crippen LogP contribution in [-0.4, -0.2) is 65.2 Å². The zero-order valence-electron chi connectivity index (χ0n) is 12.4. The van der Waals surface area contributed by atoms with Gasteiger partial charge in [-0.05, 0) is 6.08 Å². The molecule has 2 atom stereocenters. The van der Waals surface area contributed by atoms with Gasteiger partial charge in [0.05, 0.1) is 13.5 Å². The van der Waals surface area contributed by atoms with Crippen molar-refractivity contribution in [1.29, 1.82) is 0 Å². The van der Waals surface area contributed by atoms with E-state index in [1.807, 2.05) is 6.08 Å². The van der Waals surface area contributed by atoms with E-state index in [9.17, 15) is 4.79 Å². The van der Waals surface area contributed by atoms with E-state index >= 15 is 0 Å². The van der Waals surface area contributed by atoms with Crippen molar-refractivity contribution in [2.45, 2.75) is 18.8 Å². The Kier molecular flexibility index (Phi) is 9.27. The molecule has 0 aromatic carbocycles. The molecule has 0 bridgehead atoms. The predicted molar refractivity (Wildman–Crippen MR) is 79.2 cm³/mol. The molecule has 1 aliphatic rings. The Morgan fingerprint density at radius 1 is 1.24 bits per heavy atom. The molecule has 0 fully saturated rings. The molecule has 0 saturated carbocycles. The Morgan fingerprint density at radius 3 is 2.62 bits per heavy atom. The molecule has 0 aliphatic carbocycles. The fourth-order valence-corrected chi connectivity index (χ4v) is 2.38. The first kappa shape index (κ1) is 18.1. The second-order valence-corrected chi connectivity index (χ2v) is 5.19. The molecule has 1 rings (SSSR count). The zero-order chi connectivity index (χ0) is 15.5. The fourth-order valence-electron chi connectivity index (χ4n) is 1.51. The molecule has 0 aromatic heterocycles. The van der Waals surface area contributed by atoms with Crippen LogP contribution in [0.15, 0.2) is 16.0 Å². The van der Waals surface area contributed by atoms with Gasteiger partial charge >= 0.3 is 5.97 Å². The maximum Gasteiger partial charge on any atom is 0.306 e. The van der Waals surface area contributed by atoms with Crippen molar-refractivity contribution < 1.29 is 28.5 Å². The van der Waals surface area contributed by atoms with Gasteiger partial charge in [0.15, 0.2) is 6.23 Å². The van der Waals surface area contributed by atoms with Crippen molar-refractivity contribution in [2.24, 2.45) is 4.99 Å². The van der Waals surface area contributed by atoms with Crippen LogP contribution in [0.2, 0.25) is 0 Å².